The van der Waals surface area contributed by atoms with Crippen LogP contribution in [0.4, 0.5) is 8.78 Å². The quantitative estimate of drug-likeness (QED) is 0.375. The van der Waals surface area contributed by atoms with Crippen molar-refractivity contribution in [2.24, 2.45) is 5.16 Å². The van der Waals surface area contributed by atoms with Crippen molar-refractivity contribution in [3.05, 3.63) is 70.3 Å². The minimum absolute atomic E-state index is 0. The van der Waals surface area contributed by atoms with Crippen LogP contribution < -0.4 is 0 Å². The Morgan fingerprint density at radius 2 is 1.68 bits per heavy atom. The highest BCUT2D eigenvalue weighted by Crippen LogP contribution is 2.21. The maximum atomic E-state index is 13.6. The Hall–Kier alpha value is -2.51. The molecule has 0 bridgehead atoms. The SMILES string of the molecule is Cc1cc(F)ccc1C(=NOCCN1CCCCC1C(=O)O)c1ccc(F)cc1C.Cl. The van der Waals surface area contributed by atoms with Crippen LogP contribution in [0.5, 0.6) is 0 Å². The summed E-state index contributed by atoms with van der Waals surface area (Å²) in [5.41, 5.74) is 3.23. The molecule has 2 aromatic rings. The smallest absolute Gasteiger partial charge is 0.320 e. The first-order valence-corrected chi connectivity index (χ1v) is 10.1. The number of likely N-dealkylation sites (tertiary alicyclic amines) is 1. The Bertz CT molecular complexity index is 899. The summed E-state index contributed by atoms with van der Waals surface area (Å²) in [6.07, 6.45) is 2.50. The average molecular weight is 453 g/mol. The largest absolute Gasteiger partial charge is 0.480 e. The molecule has 2 aromatic carbocycles. The fourth-order valence-corrected chi connectivity index (χ4v) is 3.84. The molecule has 1 aliphatic rings. The highest BCUT2D eigenvalue weighted by atomic mass is 35.5. The maximum Gasteiger partial charge on any atom is 0.320 e. The molecule has 31 heavy (non-hydrogen) atoms. The van der Waals surface area contributed by atoms with Crippen LogP contribution in [0.25, 0.3) is 0 Å². The number of halogens is 3. The molecule has 0 radical (unpaired) electrons. The Labute approximate surface area is 187 Å². The number of hydrogen-bond acceptors (Lipinski definition) is 4. The average Bonchev–Trinajstić information content (AvgIpc) is 2.70. The van der Waals surface area contributed by atoms with E-state index in [1.165, 1.54) is 24.3 Å². The number of rotatable bonds is 7. The van der Waals surface area contributed by atoms with Crippen molar-refractivity contribution in [2.45, 2.75) is 39.2 Å². The number of carbonyl (C=O) groups is 1. The number of benzene rings is 2. The normalized spacial score (nSPS) is 16.3. The molecule has 0 saturated carbocycles. The van der Waals surface area contributed by atoms with Crippen LogP contribution in [0.3, 0.4) is 0 Å². The van der Waals surface area contributed by atoms with Crippen LogP contribution in [0.15, 0.2) is 41.6 Å². The van der Waals surface area contributed by atoms with E-state index in [0.29, 0.717) is 47.5 Å². The van der Waals surface area contributed by atoms with Gasteiger partial charge in [-0.25, -0.2) is 8.78 Å². The lowest BCUT2D eigenvalue weighted by atomic mass is 9.95. The zero-order valence-corrected chi connectivity index (χ0v) is 18.4. The van der Waals surface area contributed by atoms with Gasteiger partial charge >= 0.3 is 5.97 Å². The van der Waals surface area contributed by atoms with Crippen LogP contribution >= 0.6 is 12.4 Å². The van der Waals surface area contributed by atoms with E-state index in [0.717, 1.165) is 12.8 Å². The molecule has 0 amide bonds. The third-order valence-electron chi connectivity index (χ3n) is 5.41. The van der Waals surface area contributed by atoms with Crippen molar-refractivity contribution in [1.29, 1.82) is 0 Å². The molecule has 1 unspecified atom stereocenters. The van der Waals surface area contributed by atoms with E-state index in [2.05, 4.69) is 5.16 Å². The topological polar surface area (TPSA) is 62.1 Å². The van der Waals surface area contributed by atoms with E-state index in [1.807, 2.05) is 4.90 Å². The van der Waals surface area contributed by atoms with Gasteiger partial charge in [0.25, 0.3) is 0 Å². The van der Waals surface area contributed by atoms with Gasteiger partial charge in [0.15, 0.2) is 0 Å². The standard InChI is InChI=1S/C23H26F2N2O3.ClH/c1-15-13-17(24)6-8-19(15)22(20-9-7-18(25)14-16(20)2)26-30-12-11-27-10-4-3-5-21(27)23(28)29;/h6-9,13-14,21H,3-5,10-12H2,1-2H3,(H,28,29);1H. The Morgan fingerprint density at radius 3 is 2.19 bits per heavy atom. The Kier molecular flexibility index (Phi) is 8.95. The van der Waals surface area contributed by atoms with Gasteiger partial charge in [-0.3, -0.25) is 9.69 Å². The molecular weight excluding hydrogens is 426 g/mol. The van der Waals surface area contributed by atoms with Gasteiger partial charge in [0.1, 0.15) is 30.0 Å². The van der Waals surface area contributed by atoms with Gasteiger partial charge in [0.05, 0.1) is 0 Å². The number of aliphatic carboxylic acids is 1. The number of aryl methyl sites for hydroxylation is 2. The second kappa shape index (κ2) is 11.2. The molecule has 0 aromatic heterocycles. The van der Waals surface area contributed by atoms with Crippen LogP contribution in [0, 0.1) is 25.5 Å². The lowest BCUT2D eigenvalue weighted by Gasteiger charge is -2.32. The summed E-state index contributed by atoms with van der Waals surface area (Å²) >= 11 is 0. The number of piperidine rings is 1. The van der Waals surface area contributed by atoms with E-state index in [9.17, 15) is 18.7 Å². The van der Waals surface area contributed by atoms with E-state index in [4.69, 9.17) is 4.84 Å². The van der Waals surface area contributed by atoms with E-state index >= 15 is 0 Å². The molecule has 8 heteroatoms. The van der Waals surface area contributed by atoms with Crippen molar-refractivity contribution in [2.75, 3.05) is 19.7 Å². The number of nitrogens with zero attached hydrogens (tertiary/aromatic N) is 2. The minimum atomic E-state index is -0.817. The molecule has 3 rings (SSSR count). The molecule has 1 heterocycles. The first-order chi connectivity index (χ1) is 14.4. The van der Waals surface area contributed by atoms with Crippen molar-refractivity contribution < 1.29 is 23.5 Å². The van der Waals surface area contributed by atoms with Gasteiger partial charge in [0.2, 0.25) is 0 Å². The molecule has 1 saturated heterocycles. The molecule has 1 fully saturated rings. The Balaban J connectivity index is 0.00000341. The molecule has 168 valence electrons. The Morgan fingerprint density at radius 1 is 1.10 bits per heavy atom. The zero-order valence-electron chi connectivity index (χ0n) is 17.6. The second-order valence-electron chi connectivity index (χ2n) is 7.58. The fourth-order valence-electron chi connectivity index (χ4n) is 3.84. The molecule has 5 nitrogen and oxygen atoms in total. The lowest BCUT2D eigenvalue weighted by molar-refractivity contribution is -0.144. The number of oxime groups is 1. The molecule has 0 aliphatic carbocycles. The van der Waals surface area contributed by atoms with Gasteiger partial charge < -0.3 is 9.94 Å². The first kappa shape index (κ1) is 24.8. The van der Waals surface area contributed by atoms with E-state index < -0.39 is 12.0 Å². The lowest BCUT2D eigenvalue weighted by Crippen LogP contribution is -2.45. The minimum Gasteiger partial charge on any atom is -0.480 e. The van der Waals surface area contributed by atoms with Gasteiger partial charge in [-0.15, -0.1) is 12.4 Å². The van der Waals surface area contributed by atoms with Crippen molar-refractivity contribution in [3.8, 4) is 0 Å². The zero-order chi connectivity index (χ0) is 21.7. The number of carboxylic acid groups (broad SMARTS) is 1. The molecular formula is C23H27ClF2N2O3. The van der Waals surface area contributed by atoms with Crippen LogP contribution in [0.2, 0.25) is 0 Å². The van der Waals surface area contributed by atoms with E-state index in [1.54, 1.807) is 26.0 Å². The second-order valence-corrected chi connectivity index (χ2v) is 7.58. The molecule has 1 N–H and O–H groups in total. The summed E-state index contributed by atoms with van der Waals surface area (Å²) in [7, 11) is 0. The number of hydrogen-bond donors (Lipinski definition) is 1. The highest BCUT2D eigenvalue weighted by Gasteiger charge is 2.28. The van der Waals surface area contributed by atoms with Gasteiger partial charge in [-0.2, -0.15) is 0 Å². The summed E-state index contributed by atoms with van der Waals surface area (Å²) in [6.45, 7) is 4.92. The van der Waals surface area contributed by atoms with Gasteiger partial charge in [-0.05, 0) is 80.8 Å². The maximum absolute atomic E-state index is 13.6. The predicted octanol–water partition coefficient (Wildman–Crippen LogP) is 4.71. The van der Waals surface area contributed by atoms with E-state index in [-0.39, 0.29) is 30.6 Å². The number of carboxylic acids is 1. The third-order valence-corrected chi connectivity index (χ3v) is 5.41. The summed E-state index contributed by atoms with van der Waals surface area (Å²) in [4.78, 5) is 18.9. The molecule has 0 spiro atoms. The summed E-state index contributed by atoms with van der Waals surface area (Å²) in [5, 5.41) is 13.7. The third kappa shape index (κ3) is 6.24. The fraction of sp³-hybridized carbons (Fsp3) is 0.391. The van der Waals surface area contributed by atoms with Crippen molar-refractivity contribution in [3.63, 3.8) is 0 Å². The van der Waals surface area contributed by atoms with Crippen LogP contribution in [-0.4, -0.2) is 47.4 Å². The molecule has 1 atom stereocenters. The first-order valence-electron chi connectivity index (χ1n) is 10.1. The van der Waals surface area contributed by atoms with Crippen LogP contribution in [-0.2, 0) is 9.63 Å². The summed E-state index contributed by atoms with van der Waals surface area (Å²) in [6, 6.07) is 8.28. The monoisotopic (exact) mass is 452 g/mol. The van der Waals surface area contributed by atoms with Crippen molar-refractivity contribution in [1.82, 2.24) is 4.90 Å². The summed E-state index contributed by atoms with van der Waals surface area (Å²) < 4.78 is 27.2. The van der Waals surface area contributed by atoms with Crippen molar-refractivity contribution >= 4 is 24.1 Å². The predicted molar refractivity (Wildman–Crippen MR) is 118 cm³/mol. The highest BCUT2D eigenvalue weighted by molar-refractivity contribution is 6.14. The molecule has 1 aliphatic heterocycles. The van der Waals surface area contributed by atoms with Gasteiger partial charge in [0, 0.05) is 17.7 Å². The van der Waals surface area contributed by atoms with Crippen LogP contribution in [0.1, 0.15) is 41.5 Å². The van der Waals surface area contributed by atoms with Gasteiger partial charge in [-0.1, -0.05) is 11.6 Å². The summed E-state index contributed by atoms with van der Waals surface area (Å²) in [5.74, 6) is -1.52.